The number of halogens is 1. The van der Waals surface area contributed by atoms with E-state index in [1.807, 2.05) is 32.0 Å². The Morgan fingerprint density at radius 3 is 2.46 bits per heavy atom. The van der Waals surface area contributed by atoms with Gasteiger partial charge in [0.2, 0.25) is 0 Å². The molecule has 0 heterocycles. The molecule has 2 rings (SSSR count). The lowest BCUT2D eigenvalue weighted by Gasteiger charge is -2.12. The lowest BCUT2D eigenvalue weighted by Crippen LogP contribution is -2.17. The van der Waals surface area contributed by atoms with Gasteiger partial charge in [0, 0.05) is 5.56 Å². The molecule has 0 aromatic heterocycles. The molecule has 6 nitrogen and oxygen atoms in total. The van der Waals surface area contributed by atoms with Crippen LogP contribution in [0.5, 0.6) is 17.2 Å². The standard InChI is InChI=1S/C21H23BrN2O4/c1-4-11-28-19-10-8-16(13-20(19)27-6-3)21(25)24-23-14-15-7-9-18(26-5-2)17(22)12-15/h4,7-10,12-14H,1,5-6,11H2,2-3H3,(H,24,25)/b23-14+. The summed E-state index contributed by atoms with van der Waals surface area (Å²) in [5.41, 5.74) is 3.74. The summed E-state index contributed by atoms with van der Waals surface area (Å²) in [6.07, 6.45) is 3.20. The fourth-order valence-corrected chi connectivity index (χ4v) is 2.80. The molecule has 1 amide bonds. The Labute approximate surface area is 173 Å². The third kappa shape index (κ3) is 6.13. The van der Waals surface area contributed by atoms with Gasteiger partial charge in [0.15, 0.2) is 11.5 Å². The van der Waals surface area contributed by atoms with Crippen LogP contribution in [0, 0.1) is 0 Å². The second kappa shape index (κ2) is 11.1. The number of amides is 1. The predicted octanol–water partition coefficient (Wildman–Crippen LogP) is 4.58. The average Bonchev–Trinajstić information content (AvgIpc) is 2.69. The first-order chi connectivity index (χ1) is 13.6. The molecule has 0 atom stereocenters. The van der Waals surface area contributed by atoms with E-state index in [1.54, 1.807) is 30.5 Å². The summed E-state index contributed by atoms with van der Waals surface area (Å²) in [6.45, 7) is 8.81. The molecule has 0 radical (unpaired) electrons. The van der Waals surface area contributed by atoms with Gasteiger partial charge in [-0.3, -0.25) is 4.79 Å². The number of benzene rings is 2. The molecular formula is C21H23BrN2O4. The highest BCUT2D eigenvalue weighted by atomic mass is 79.9. The van der Waals surface area contributed by atoms with Gasteiger partial charge >= 0.3 is 0 Å². The Morgan fingerprint density at radius 1 is 1.07 bits per heavy atom. The van der Waals surface area contributed by atoms with E-state index in [1.165, 1.54) is 0 Å². The number of nitrogens with one attached hydrogen (secondary N) is 1. The predicted molar refractivity (Wildman–Crippen MR) is 114 cm³/mol. The molecule has 0 fully saturated rings. The molecule has 0 aliphatic heterocycles. The Hall–Kier alpha value is -2.80. The van der Waals surface area contributed by atoms with E-state index in [0.717, 1.165) is 15.8 Å². The molecule has 0 unspecified atom stereocenters. The number of hydrogen-bond donors (Lipinski definition) is 1. The van der Waals surface area contributed by atoms with Crippen molar-refractivity contribution in [3.05, 3.63) is 64.7 Å². The van der Waals surface area contributed by atoms with E-state index in [2.05, 4.69) is 33.0 Å². The Kier molecular flexibility index (Phi) is 8.55. The number of rotatable bonds is 10. The molecule has 2 aromatic carbocycles. The third-order valence-electron chi connectivity index (χ3n) is 3.50. The summed E-state index contributed by atoms with van der Waals surface area (Å²) >= 11 is 3.45. The Morgan fingerprint density at radius 2 is 1.79 bits per heavy atom. The number of carbonyl (C=O) groups excluding carboxylic acids is 1. The van der Waals surface area contributed by atoms with Crippen LogP contribution in [0.3, 0.4) is 0 Å². The van der Waals surface area contributed by atoms with Crippen molar-refractivity contribution < 1.29 is 19.0 Å². The van der Waals surface area contributed by atoms with Crippen molar-refractivity contribution in [3.63, 3.8) is 0 Å². The second-order valence-electron chi connectivity index (χ2n) is 5.52. The van der Waals surface area contributed by atoms with Gasteiger partial charge in [0.05, 0.1) is 23.9 Å². The van der Waals surface area contributed by atoms with Crippen LogP contribution in [0.2, 0.25) is 0 Å². The minimum Gasteiger partial charge on any atom is -0.493 e. The van der Waals surface area contributed by atoms with Crippen LogP contribution >= 0.6 is 15.9 Å². The van der Waals surface area contributed by atoms with E-state index in [4.69, 9.17) is 14.2 Å². The smallest absolute Gasteiger partial charge is 0.271 e. The van der Waals surface area contributed by atoms with Gasteiger partial charge in [-0.2, -0.15) is 5.10 Å². The molecule has 0 saturated carbocycles. The van der Waals surface area contributed by atoms with Crippen LogP contribution in [-0.4, -0.2) is 31.9 Å². The quantitative estimate of drug-likeness (QED) is 0.329. The zero-order chi connectivity index (χ0) is 20.4. The highest BCUT2D eigenvalue weighted by molar-refractivity contribution is 9.10. The average molecular weight is 447 g/mol. The maximum atomic E-state index is 12.4. The van der Waals surface area contributed by atoms with Crippen LogP contribution in [0.25, 0.3) is 0 Å². The van der Waals surface area contributed by atoms with E-state index in [9.17, 15) is 4.79 Å². The van der Waals surface area contributed by atoms with Crippen molar-refractivity contribution >= 4 is 28.1 Å². The highest BCUT2D eigenvalue weighted by Crippen LogP contribution is 2.28. The van der Waals surface area contributed by atoms with Gasteiger partial charge in [-0.15, -0.1) is 0 Å². The minimum absolute atomic E-state index is 0.350. The Bertz CT molecular complexity index is 852. The Balaban J connectivity index is 2.05. The largest absolute Gasteiger partial charge is 0.493 e. The van der Waals surface area contributed by atoms with Gasteiger partial charge in [-0.1, -0.05) is 12.7 Å². The van der Waals surface area contributed by atoms with Crippen molar-refractivity contribution in [3.8, 4) is 17.2 Å². The van der Waals surface area contributed by atoms with E-state index >= 15 is 0 Å². The fourth-order valence-electron chi connectivity index (χ4n) is 2.29. The molecule has 148 valence electrons. The minimum atomic E-state index is -0.350. The normalized spacial score (nSPS) is 10.5. The summed E-state index contributed by atoms with van der Waals surface area (Å²) in [5, 5.41) is 4.01. The topological polar surface area (TPSA) is 69.2 Å². The van der Waals surface area contributed by atoms with Crippen LogP contribution in [0.15, 0.2) is 58.6 Å². The number of ether oxygens (including phenoxy) is 3. The molecule has 0 aliphatic rings. The lowest BCUT2D eigenvalue weighted by atomic mass is 10.2. The van der Waals surface area contributed by atoms with Gasteiger partial charge in [-0.25, -0.2) is 5.43 Å². The van der Waals surface area contributed by atoms with Crippen molar-refractivity contribution in [1.29, 1.82) is 0 Å². The van der Waals surface area contributed by atoms with Crippen LogP contribution in [-0.2, 0) is 0 Å². The number of hydrogen-bond acceptors (Lipinski definition) is 5. The maximum Gasteiger partial charge on any atom is 0.271 e. The molecule has 0 saturated heterocycles. The zero-order valence-corrected chi connectivity index (χ0v) is 17.5. The first kappa shape index (κ1) is 21.5. The van der Waals surface area contributed by atoms with Crippen LogP contribution in [0.4, 0.5) is 0 Å². The summed E-state index contributed by atoms with van der Waals surface area (Å²) < 4.78 is 17.4. The molecule has 2 aromatic rings. The maximum absolute atomic E-state index is 12.4. The van der Waals surface area contributed by atoms with Crippen molar-refractivity contribution in [2.24, 2.45) is 5.10 Å². The van der Waals surface area contributed by atoms with Gasteiger partial charge in [-0.05, 0) is 71.7 Å². The lowest BCUT2D eigenvalue weighted by molar-refractivity contribution is 0.0954. The SMILES string of the molecule is C=CCOc1ccc(C(=O)N/N=C/c2ccc(OCC)c(Br)c2)cc1OCC. The van der Waals surface area contributed by atoms with Crippen molar-refractivity contribution in [2.75, 3.05) is 19.8 Å². The highest BCUT2D eigenvalue weighted by Gasteiger charge is 2.11. The molecular weight excluding hydrogens is 424 g/mol. The molecule has 28 heavy (non-hydrogen) atoms. The van der Waals surface area contributed by atoms with Crippen molar-refractivity contribution in [1.82, 2.24) is 5.43 Å². The van der Waals surface area contributed by atoms with E-state index in [0.29, 0.717) is 36.9 Å². The van der Waals surface area contributed by atoms with E-state index < -0.39 is 0 Å². The molecule has 0 spiro atoms. The monoisotopic (exact) mass is 446 g/mol. The van der Waals surface area contributed by atoms with Crippen molar-refractivity contribution in [2.45, 2.75) is 13.8 Å². The summed E-state index contributed by atoms with van der Waals surface area (Å²) in [6, 6.07) is 10.5. The van der Waals surface area contributed by atoms with Gasteiger partial charge < -0.3 is 14.2 Å². The molecule has 7 heteroatoms. The number of nitrogens with zero attached hydrogens (tertiary/aromatic N) is 1. The number of carbonyl (C=O) groups is 1. The molecule has 0 aliphatic carbocycles. The third-order valence-corrected chi connectivity index (χ3v) is 4.12. The van der Waals surface area contributed by atoms with Crippen LogP contribution in [0.1, 0.15) is 29.8 Å². The first-order valence-electron chi connectivity index (χ1n) is 8.85. The van der Waals surface area contributed by atoms with Crippen LogP contribution < -0.4 is 19.6 Å². The molecule has 0 bridgehead atoms. The summed E-state index contributed by atoms with van der Waals surface area (Å²) in [7, 11) is 0. The van der Waals surface area contributed by atoms with E-state index in [-0.39, 0.29) is 5.91 Å². The zero-order valence-electron chi connectivity index (χ0n) is 15.9. The number of hydrazone groups is 1. The van der Waals surface area contributed by atoms with Gasteiger partial charge in [0.1, 0.15) is 12.4 Å². The fraction of sp³-hybridized carbons (Fsp3) is 0.238. The molecule has 1 N–H and O–H groups in total. The second-order valence-corrected chi connectivity index (χ2v) is 6.37. The summed E-state index contributed by atoms with van der Waals surface area (Å²) in [4.78, 5) is 12.4. The summed E-state index contributed by atoms with van der Waals surface area (Å²) in [5.74, 6) is 1.46. The first-order valence-corrected chi connectivity index (χ1v) is 9.64. The van der Waals surface area contributed by atoms with Gasteiger partial charge in [0.25, 0.3) is 5.91 Å².